The Morgan fingerprint density at radius 2 is 0.781 bits per heavy atom. The molecule has 1 heterocycles. The number of nitrogens with zero attached hydrogens (tertiary/aromatic N) is 4. The summed E-state index contributed by atoms with van der Waals surface area (Å²) in [5.74, 6) is 0.589. The maximum Gasteiger partial charge on any atom is 0.322 e. The van der Waals surface area contributed by atoms with Crippen LogP contribution in [-0.4, -0.2) is 94.2 Å². The Hall–Kier alpha value is -5.06. The Kier molecular flexibility index (Phi) is 16.3. The number of amides is 4. The van der Waals surface area contributed by atoms with Crippen molar-refractivity contribution in [1.29, 1.82) is 0 Å². The highest BCUT2D eigenvalue weighted by atomic mass is 16.3. The number of aromatic hydroxyl groups is 2. The van der Waals surface area contributed by atoms with Crippen LogP contribution < -0.4 is 10.6 Å². The number of piperazine rings is 1. The minimum atomic E-state index is -0.304. The van der Waals surface area contributed by atoms with Crippen LogP contribution in [0.15, 0.2) is 84.9 Å². The van der Waals surface area contributed by atoms with Crippen LogP contribution in [0.4, 0.5) is 21.0 Å². The van der Waals surface area contributed by atoms with Gasteiger partial charge in [0, 0.05) is 86.0 Å². The molecular weight excluding hydrogens is 797 g/mol. The van der Waals surface area contributed by atoms with Crippen molar-refractivity contribution in [2.24, 2.45) is 0 Å². The summed E-state index contributed by atoms with van der Waals surface area (Å²) in [6.45, 7) is 32.7. The average Bonchev–Trinajstić information content (AvgIpc) is 3.20. The second-order valence-corrected chi connectivity index (χ2v) is 21.9. The molecule has 1 aliphatic heterocycles. The normalized spacial score (nSPS) is 14.3. The van der Waals surface area contributed by atoms with Gasteiger partial charge in [0.2, 0.25) is 0 Å². The molecule has 64 heavy (non-hydrogen) atoms. The van der Waals surface area contributed by atoms with E-state index in [1.54, 1.807) is 0 Å². The molecular formula is C54H78N6O4. The van der Waals surface area contributed by atoms with Crippen molar-refractivity contribution < 1.29 is 19.8 Å². The van der Waals surface area contributed by atoms with Crippen LogP contribution in [0.2, 0.25) is 0 Å². The van der Waals surface area contributed by atoms with Crippen LogP contribution in [0.5, 0.6) is 11.5 Å². The van der Waals surface area contributed by atoms with Crippen LogP contribution in [0.1, 0.15) is 129 Å². The standard InChI is InChI=1S/C54H78N6O4/c1-51(2,3)43-33-41(34-44(47(43)61)52(4,5)6)55-49(63)59(37-39-21-15-13-16-22-39)27-19-25-57-29-31-58(32-30-57)26-20-28-60(38-40-23-17-14-18-24-40)50(64)56-42-35-45(53(7,8)9)48(62)46(36-42)54(10,11)12/h13-18,21-24,33-36,61-62H,19-20,25-32,37-38H2,1-12H3,(H,55,63)(H,56,64). The minimum absolute atomic E-state index is 0.151. The third-order valence-corrected chi connectivity index (χ3v) is 12.2. The van der Waals surface area contributed by atoms with Gasteiger partial charge >= 0.3 is 12.1 Å². The maximum atomic E-state index is 14.0. The fraction of sp³-hybridized carbons (Fsp3) is 0.519. The number of phenolic OH excluding ortho intramolecular Hbond substituents is 2. The third kappa shape index (κ3) is 14.0. The van der Waals surface area contributed by atoms with Crippen molar-refractivity contribution in [2.75, 3.05) is 63.0 Å². The average molecular weight is 875 g/mol. The van der Waals surface area contributed by atoms with E-state index in [1.807, 2.05) is 70.5 Å². The summed E-state index contributed by atoms with van der Waals surface area (Å²) in [5.41, 5.74) is 5.57. The molecule has 0 bridgehead atoms. The summed E-state index contributed by atoms with van der Waals surface area (Å²) < 4.78 is 0. The highest BCUT2D eigenvalue weighted by Gasteiger charge is 2.29. The maximum absolute atomic E-state index is 14.0. The lowest BCUT2D eigenvalue weighted by Gasteiger charge is -2.35. The first-order valence-corrected chi connectivity index (χ1v) is 23.3. The predicted octanol–water partition coefficient (Wildman–Crippen LogP) is 11.5. The van der Waals surface area contributed by atoms with Gasteiger partial charge in [-0.2, -0.15) is 0 Å². The molecule has 10 nitrogen and oxygen atoms in total. The topological polar surface area (TPSA) is 112 Å². The van der Waals surface area contributed by atoms with Crippen LogP contribution in [-0.2, 0) is 34.7 Å². The van der Waals surface area contributed by atoms with Gasteiger partial charge in [0.05, 0.1) is 0 Å². The van der Waals surface area contributed by atoms with Crippen LogP contribution >= 0.6 is 0 Å². The second-order valence-electron chi connectivity index (χ2n) is 21.9. The lowest BCUT2D eigenvalue weighted by Crippen LogP contribution is -2.47. The number of nitrogens with one attached hydrogen (secondary N) is 2. The second kappa shape index (κ2) is 20.8. The number of hydrogen-bond donors (Lipinski definition) is 4. The molecule has 5 rings (SSSR count). The van der Waals surface area contributed by atoms with E-state index in [9.17, 15) is 19.8 Å². The molecule has 348 valence electrons. The van der Waals surface area contributed by atoms with E-state index < -0.39 is 0 Å². The van der Waals surface area contributed by atoms with Crippen molar-refractivity contribution in [3.05, 3.63) is 118 Å². The first-order valence-electron chi connectivity index (χ1n) is 23.3. The first-order chi connectivity index (χ1) is 29.9. The lowest BCUT2D eigenvalue weighted by atomic mass is 9.79. The van der Waals surface area contributed by atoms with Gasteiger partial charge in [-0.1, -0.05) is 144 Å². The van der Waals surface area contributed by atoms with Crippen molar-refractivity contribution in [1.82, 2.24) is 19.6 Å². The molecule has 1 saturated heterocycles. The van der Waals surface area contributed by atoms with Crippen LogP contribution in [0.3, 0.4) is 0 Å². The highest BCUT2D eigenvalue weighted by Crippen LogP contribution is 2.42. The highest BCUT2D eigenvalue weighted by molar-refractivity contribution is 5.90. The predicted molar refractivity (Wildman–Crippen MR) is 265 cm³/mol. The molecule has 0 saturated carbocycles. The number of hydrogen-bond acceptors (Lipinski definition) is 6. The van der Waals surface area contributed by atoms with E-state index in [0.29, 0.717) is 49.1 Å². The Morgan fingerprint density at radius 3 is 1.05 bits per heavy atom. The molecule has 10 heteroatoms. The summed E-state index contributed by atoms with van der Waals surface area (Å²) in [7, 11) is 0. The third-order valence-electron chi connectivity index (χ3n) is 12.2. The molecule has 0 aliphatic carbocycles. The molecule has 4 aromatic rings. The monoisotopic (exact) mass is 875 g/mol. The fourth-order valence-electron chi connectivity index (χ4n) is 8.42. The summed E-state index contributed by atoms with van der Waals surface area (Å²) >= 11 is 0. The zero-order valence-corrected chi connectivity index (χ0v) is 41.1. The summed E-state index contributed by atoms with van der Waals surface area (Å²) in [4.78, 5) is 36.9. The zero-order chi connectivity index (χ0) is 47.0. The number of rotatable bonds is 14. The fourth-order valence-corrected chi connectivity index (χ4v) is 8.42. The molecule has 1 aliphatic rings. The Bertz CT molecular complexity index is 1930. The number of benzene rings is 4. The van der Waals surface area contributed by atoms with Gasteiger partial charge in [-0.15, -0.1) is 0 Å². The molecule has 4 N–H and O–H groups in total. The van der Waals surface area contributed by atoms with Gasteiger partial charge in [0.1, 0.15) is 11.5 Å². The van der Waals surface area contributed by atoms with Gasteiger partial charge in [0.25, 0.3) is 0 Å². The van der Waals surface area contributed by atoms with E-state index >= 15 is 0 Å². The summed E-state index contributed by atoms with van der Waals surface area (Å²) in [6, 6.07) is 27.6. The van der Waals surface area contributed by atoms with Crippen molar-refractivity contribution in [3.63, 3.8) is 0 Å². The van der Waals surface area contributed by atoms with Crippen molar-refractivity contribution >= 4 is 23.4 Å². The number of phenols is 2. The summed E-state index contributed by atoms with van der Waals surface area (Å²) in [5, 5.41) is 28.9. The van der Waals surface area contributed by atoms with E-state index in [1.165, 1.54) is 0 Å². The van der Waals surface area contributed by atoms with E-state index in [2.05, 4.69) is 128 Å². The minimum Gasteiger partial charge on any atom is -0.507 e. The molecule has 0 unspecified atom stereocenters. The quantitative estimate of drug-likeness (QED) is 0.0939. The van der Waals surface area contributed by atoms with Gasteiger partial charge in [0.15, 0.2) is 0 Å². The Morgan fingerprint density at radius 1 is 0.500 bits per heavy atom. The van der Waals surface area contributed by atoms with E-state index in [4.69, 9.17) is 0 Å². The molecule has 4 amide bonds. The van der Waals surface area contributed by atoms with Crippen molar-refractivity contribution in [3.8, 4) is 11.5 Å². The van der Waals surface area contributed by atoms with Crippen LogP contribution in [0, 0.1) is 0 Å². The van der Waals surface area contributed by atoms with E-state index in [0.717, 1.165) is 85.5 Å². The number of urea groups is 2. The molecule has 0 aromatic heterocycles. The van der Waals surface area contributed by atoms with Gasteiger partial charge in [-0.05, 0) is 83.0 Å². The number of carbonyl (C=O) groups is 2. The molecule has 4 aromatic carbocycles. The SMILES string of the molecule is CC(C)(C)c1cc(NC(=O)N(CCCN2CCN(CCCN(Cc3ccccc3)C(=O)Nc3cc(C(C)(C)C)c(O)c(C(C)(C)C)c3)CC2)Cc2ccccc2)cc(C(C)(C)C)c1O. The van der Waals surface area contributed by atoms with Crippen LogP contribution in [0.25, 0.3) is 0 Å². The number of anilines is 2. The lowest BCUT2D eigenvalue weighted by molar-refractivity contribution is 0.123. The Balaban J connectivity index is 1.17. The smallest absolute Gasteiger partial charge is 0.322 e. The first kappa shape index (κ1) is 49.9. The van der Waals surface area contributed by atoms with Crippen molar-refractivity contribution in [2.45, 2.75) is 131 Å². The molecule has 0 atom stereocenters. The zero-order valence-electron chi connectivity index (χ0n) is 41.1. The largest absolute Gasteiger partial charge is 0.507 e. The molecule has 0 radical (unpaired) electrons. The number of carbonyl (C=O) groups excluding carboxylic acids is 2. The summed E-state index contributed by atoms with van der Waals surface area (Å²) in [6.07, 6.45) is 1.69. The van der Waals surface area contributed by atoms with Gasteiger partial charge in [-0.25, -0.2) is 9.59 Å². The Labute approximate surface area is 385 Å². The van der Waals surface area contributed by atoms with E-state index in [-0.39, 0.29) is 33.7 Å². The van der Waals surface area contributed by atoms with Gasteiger partial charge < -0.3 is 40.4 Å². The molecule has 0 spiro atoms. The van der Waals surface area contributed by atoms with Gasteiger partial charge in [-0.3, -0.25) is 0 Å². The molecule has 1 fully saturated rings.